The van der Waals surface area contributed by atoms with Crippen molar-refractivity contribution in [3.8, 4) is 0 Å². The van der Waals surface area contributed by atoms with Crippen molar-refractivity contribution in [2.24, 2.45) is 11.1 Å². The minimum Gasteiger partial charge on any atom is -0.366 e. The molecule has 1 unspecified atom stereocenters. The predicted octanol–water partition coefficient (Wildman–Crippen LogP) is 2.87. The second-order valence-corrected chi connectivity index (χ2v) is 8.89. The number of primary amides is 1. The molecule has 1 aromatic heterocycles. The van der Waals surface area contributed by atoms with Crippen LogP contribution in [0.25, 0.3) is 0 Å². The first kappa shape index (κ1) is 17.9. The largest absolute Gasteiger partial charge is 0.366 e. The lowest BCUT2D eigenvalue weighted by molar-refractivity contribution is 0.1000. The average Bonchev–Trinajstić information content (AvgIpc) is 3.34. The van der Waals surface area contributed by atoms with Gasteiger partial charge in [0.2, 0.25) is 5.91 Å². The molecular weight excluding hydrogens is 350 g/mol. The Morgan fingerprint density at radius 2 is 1.86 bits per heavy atom. The van der Waals surface area contributed by atoms with E-state index in [1.807, 2.05) is 24.3 Å². The quantitative estimate of drug-likeness (QED) is 0.886. The minimum absolute atomic E-state index is 0.363. The van der Waals surface area contributed by atoms with Gasteiger partial charge in [-0.2, -0.15) is 0 Å². The first-order valence-corrected chi connectivity index (χ1v) is 10.7. The zero-order valence-corrected chi connectivity index (χ0v) is 16.4. The van der Waals surface area contributed by atoms with Gasteiger partial charge in [0.15, 0.2) is 0 Å². The van der Waals surface area contributed by atoms with Crippen LogP contribution in [0.2, 0.25) is 0 Å². The Labute approximate surface area is 166 Å². The predicted molar refractivity (Wildman–Crippen MR) is 107 cm³/mol. The van der Waals surface area contributed by atoms with Crippen LogP contribution in [-0.2, 0) is 19.5 Å². The molecule has 0 bridgehead atoms. The van der Waals surface area contributed by atoms with Gasteiger partial charge in [-0.25, -0.2) is 0 Å². The summed E-state index contributed by atoms with van der Waals surface area (Å²) in [5, 5.41) is 9.14. The van der Waals surface area contributed by atoms with Crippen molar-refractivity contribution >= 4 is 5.91 Å². The van der Waals surface area contributed by atoms with Crippen LogP contribution in [-0.4, -0.2) is 38.7 Å². The summed E-state index contributed by atoms with van der Waals surface area (Å²) < 4.78 is 2.44. The number of amides is 1. The van der Waals surface area contributed by atoms with Crippen LogP contribution >= 0.6 is 0 Å². The van der Waals surface area contributed by atoms with Gasteiger partial charge >= 0.3 is 0 Å². The van der Waals surface area contributed by atoms with Crippen molar-refractivity contribution in [3.05, 3.63) is 47.0 Å². The van der Waals surface area contributed by atoms with Gasteiger partial charge < -0.3 is 10.3 Å². The topological polar surface area (TPSA) is 77.0 Å². The number of fused-ring (bicyclic) bond motifs is 1. The lowest BCUT2D eigenvalue weighted by Gasteiger charge is -2.33. The Kier molecular flexibility index (Phi) is 4.46. The third-order valence-corrected chi connectivity index (χ3v) is 7.14. The summed E-state index contributed by atoms with van der Waals surface area (Å²) in [4.78, 5) is 13.8. The van der Waals surface area contributed by atoms with E-state index in [0.717, 1.165) is 32.6 Å². The fourth-order valence-corrected chi connectivity index (χ4v) is 5.22. The number of hydrogen-bond acceptors (Lipinski definition) is 4. The standard InChI is InChI=1S/C22H29N5O/c23-20(28)17-7-5-16(6-8-17)15-26-12-9-22(10-13-26)14-18(22)21-25-24-19-4-2-1-3-11-27(19)21/h5-8,18H,1-4,9-15H2,(H2,23,28). The Balaban J connectivity index is 1.20. The number of carbonyl (C=O) groups excluding carboxylic acids is 1. The molecule has 1 spiro atoms. The van der Waals surface area contributed by atoms with Crippen LogP contribution in [0.4, 0.5) is 0 Å². The molecule has 3 aliphatic rings. The van der Waals surface area contributed by atoms with E-state index in [0.29, 0.717) is 16.9 Å². The van der Waals surface area contributed by atoms with Crippen LogP contribution < -0.4 is 5.73 Å². The monoisotopic (exact) mass is 379 g/mol. The van der Waals surface area contributed by atoms with E-state index in [2.05, 4.69) is 19.7 Å². The molecule has 2 N–H and O–H groups in total. The highest BCUT2D eigenvalue weighted by atomic mass is 16.1. The summed E-state index contributed by atoms with van der Waals surface area (Å²) in [6, 6.07) is 7.71. The van der Waals surface area contributed by atoms with E-state index in [1.165, 1.54) is 55.7 Å². The maximum atomic E-state index is 11.2. The van der Waals surface area contributed by atoms with Crippen molar-refractivity contribution in [2.75, 3.05) is 13.1 Å². The average molecular weight is 380 g/mol. The Morgan fingerprint density at radius 1 is 1.07 bits per heavy atom. The summed E-state index contributed by atoms with van der Waals surface area (Å²) in [6.07, 6.45) is 8.71. The summed E-state index contributed by atoms with van der Waals surface area (Å²) in [6.45, 7) is 4.32. The number of hydrogen-bond donors (Lipinski definition) is 1. The molecular formula is C22H29N5O. The van der Waals surface area contributed by atoms with E-state index in [1.54, 1.807) is 0 Å². The van der Waals surface area contributed by atoms with Crippen molar-refractivity contribution in [2.45, 2.75) is 64.0 Å². The molecule has 5 rings (SSSR count). The van der Waals surface area contributed by atoms with E-state index in [-0.39, 0.29) is 5.91 Å². The molecule has 0 radical (unpaired) electrons. The van der Waals surface area contributed by atoms with E-state index in [9.17, 15) is 4.79 Å². The number of nitrogens with two attached hydrogens (primary N) is 1. The number of benzene rings is 1. The van der Waals surface area contributed by atoms with Crippen molar-refractivity contribution < 1.29 is 4.79 Å². The Morgan fingerprint density at radius 3 is 2.61 bits per heavy atom. The Hall–Kier alpha value is -2.21. The molecule has 2 aromatic rings. The molecule has 6 nitrogen and oxygen atoms in total. The SMILES string of the molecule is NC(=O)c1ccc(CN2CCC3(CC2)CC3c2nnc3n2CCCCC3)cc1. The van der Waals surface area contributed by atoms with Crippen LogP contribution in [0.1, 0.15) is 72.0 Å². The first-order chi connectivity index (χ1) is 13.6. The van der Waals surface area contributed by atoms with Gasteiger partial charge in [-0.3, -0.25) is 9.69 Å². The number of aromatic nitrogens is 3. The molecule has 1 amide bonds. The van der Waals surface area contributed by atoms with E-state index < -0.39 is 0 Å². The van der Waals surface area contributed by atoms with Crippen LogP contribution in [0.5, 0.6) is 0 Å². The lowest BCUT2D eigenvalue weighted by atomic mass is 9.90. The smallest absolute Gasteiger partial charge is 0.248 e. The van der Waals surface area contributed by atoms with Gasteiger partial charge in [-0.15, -0.1) is 10.2 Å². The highest BCUT2D eigenvalue weighted by Crippen LogP contribution is 2.64. The normalized spacial score (nSPS) is 23.9. The summed E-state index contributed by atoms with van der Waals surface area (Å²) in [7, 11) is 0. The second-order valence-electron chi connectivity index (χ2n) is 8.89. The molecule has 6 heteroatoms. The minimum atomic E-state index is -0.363. The van der Waals surface area contributed by atoms with Crippen molar-refractivity contribution in [1.82, 2.24) is 19.7 Å². The summed E-state index contributed by atoms with van der Waals surface area (Å²) in [5.41, 5.74) is 7.61. The molecule has 1 aromatic carbocycles. The molecule has 1 saturated carbocycles. The molecule has 1 atom stereocenters. The molecule has 1 saturated heterocycles. The highest BCUT2D eigenvalue weighted by molar-refractivity contribution is 5.92. The molecule has 2 aliphatic heterocycles. The molecule has 2 fully saturated rings. The van der Waals surface area contributed by atoms with Gasteiger partial charge in [0.05, 0.1) is 0 Å². The van der Waals surface area contributed by atoms with Gasteiger partial charge in [0.25, 0.3) is 0 Å². The molecule has 148 valence electrons. The van der Waals surface area contributed by atoms with Gasteiger partial charge in [-0.05, 0) is 68.3 Å². The fourth-order valence-electron chi connectivity index (χ4n) is 5.22. The number of likely N-dealkylation sites (tertiary alicyclic amines) is 1. The van der Waals surface area contributed by atoms with Crippen LogP contribution in [0, 0.1) is 5.41 Å². The molecule has 3 heterocycles. The number of rotatable bonds is 4. The van der Waals surface area contributed by atoms with Gasteiger partial charge in [0, 0.05) is 31.0 Å². The number of carbonyl (C=O) groups is 1. The van der Waals surface area contributed by atoms with E-state index >= 15 is 0 Å². The van der Waals surface area contributed by atoms with E-state index in [4.69, 9.17) is 5.73 Å². The second kappa shape index (κ2) is 6.99. The van der Waals surface area contributed by atoms with Crippen molar-refractivity contribution in [3.63, 3.8) is 0 Å². The summed E-state index contributed by atoms with van der Waals surface area (Å²) >= 11 is 0. The number of piperidine rings is 1. The van der Waals surface area contributed by atoms with Gasteiger partial charge in [-0.1, -0.05) is 18.6 Å². The molecule has 28 heavy (non-hydrogen) atoms. The molecule has 1 aliphatic carbocycles. The van der Waals surface area contributed by atoms with Crippen LogP contribution in [0.15, 0.2) is 24.3 Å². The van der Waals surface area contributed by atoms with Gasteiger partial charge in [0.1, 0.15) is 11.6 Å². The highest BCUT2D eigenvalue weighted by Gasteiger charge is 2.57. The van der Waals surface area contributed by atoms with Crippen LogP contribution in [0.3, 0.4) is 0 Å². The third-order valence-electron chi connectivity index (χ3n) is 7.14. The Bertz CT molecular complexity index is 864. The third kappa shape index (κ3) is 3.24. The maximum absolute atomic E-state index is 11.2. The number of aryl methyl sites for hydroxylation is 1. The lowest BCUT2D eigenvalue weighted by Crippen LogP contribution is -2.34. The number of nitrogens with zero attached hydrogens (tertiary/aromatic N) is 4. The fraction of sp³-hybridized carbons (Fsp3) is 0.591. The zero-order chi connectivity index (χ0) is 19.1. The zero-order valence-electron chi connectivity index (χ0n) is 16.4. The summed E-state index contributed by atoms with van der Waals surface area (Å²) in [5.74, 6) is 2.74. The van der Waals surface area contributed by atoms with Crippen molar-refractivity contribution in [1.29, 1.82) is 0 Å². The first-order valence-electron chi connectivity index (χ1n) is 10.7. The maximum Gasteiger partial charge on any atom is 0.248 e.